The molecule has 110 valence electrons. The second-order valence-electron chi connectivity index (χ2n) is 6.90. The molecule has 4 aliphatic rings. The SMILES string of the molecule is O=C1C=C(N2[C@@H]3[C@@H]4CC[C@H](C4)[C@H]32)C(=O)C=C1c1ccccc1. The van der Waals surface area contributed by atoms with E-state index in [0.717, 1.165) is 17.4 Å². The van der Waals surface area contributed by atoms with E-state index in [1.807, 2.05) is 30.3 Å². The van der Waals surface area contributed by atoms with Gasteiger partial charge in [-0.3, -0.25) is 9.59 Å². The molecule has 0 radical (unpaired) electrons. The highest BCUT2D eigenvalue weighted by molar-refractivity contribution is 6.35. The van der Waals surface area contributed by atoms with Gasteiger partial charge < -0.3 is 4.90 Å². The van der Waals surface area contributed by atoms with E-state index in [2.05, 4.69) is 4.90 Å². The fourth-order valence-electron chi connectivity index (χ4n) is 4.87. The molecule has 2 saturated carbocycles. The summed E-state index contributed by atoms with van der Waals surface area (Å²) < 4.78 is 0. The normalized spacial score (nSPS) is 35.4. The Morgan fingerprint density at radius 1 is 0.864 bits per heavy atom. The largest absolute Gasteiger partial charge is 0.358 e. The second-order valence-corrected chi connectivity index (χ2v) is 6.90. The summed E-state index contributed by atoms with van der Waals surface area (Å²) >= 11 is 0. The highest BCUT2D eigenvalue weighted by Crippen LogP contribution is 2.60. The molecular weight excluding hydrogens is 274 g/mol. The fraction of sp³-hybridized carbons (Fsp3) is 0.368. The van der Waals surface area contributed by atoms with E-state index in [1.165, 1.54) is 25.3 Å². The number of piperidine rings is 1. The van der Waals surface area contributed by atoms with E-state index in [4.69, 9.17) is 0 Å². The summed E-state index contributed by atoms with van der Waals surface area (Å²) in [5, 5.41) is 0. The van der Waals surface area contributed by atoms with Crippen LogP contribution in [0.2, 0.25) is 0 Å². The van der Waals surface area contributed by atoms with Crippen LogP contribution in [0.3, 0.4) is 0 Å². The Morgan fingerprint density at radius 2 is 1.55 bits per heavy atom. The summed E-state index contributed by atoms with van der Waals surface area (Å²) in [5.74, 6) is 1.45. The fourth-order valence-corrected chi connectivity index (χ4v) is 4.87. The van der Waals surface area contributed by atoms with Crippen molar-refractivity contribution in [2.24, 2.45) is 11.8 Å². The average molecular weight is 291 g/mol. The van der Waals surface area contributed by atoms with E-state index in [0.29, 0.717) is 23.4 Å². The number of rotatable bonds is 2. The quantitative estimate of drug-likeness (QED) is 0.621. The molecule has 1 aliphatic heterocycles. The molecule has 0 aromatic heterocycles. The number of benzene rings is 1. The molecule has 0 N–H and O–H groups in total. The predicted octanol–water partition coefficient (Wildman–Crippen LogP) is 2.59. The Hall–Kier alpha value is -2.16. The summed E-state index contributed by atoms with van der Waals surface area (Å²) in [5.41, 5.74) is 1.97. The summed E-state index contributed by atoms with van der Waals surface area (Å²) in [6, 6.07) is 10.5. The van der Waals surface area contributed by atoms with Gasteiger partial charge in [-0.2, -0.15) is 0 Å². The molecule has 5 rings (SSSR count). The predicted molar refractivity (Wildman–Crippen MR) is 82.8 cm³/mol. The maximum Gasteiger partial charge on any atom is 0.202 e. The number of carbonyl (C=O) groups excluding carboxylic acids is 2. The Labute approximate surface area is 129 Å². The van der Waals surface area contributed by atoms with E-state index in [9.17, 15) is 9.59 Å². The van der Waals surface area contributed by atoms with E-state index >= 15 is 0 Å². The van der Waals surface area contributed by atoms with Crippen molar-refractivity contribution in [1.29, 1.82) is 0 Å². The van der Waals surface area contributed by atoms with Crippen LogP contribution < -0.4 is 0 Å². The lowest BCUT2D eigenvalue weighted by Gasteiger charge is -2.18. The van der Waals surface area contributed by atoms with Gasteiger partial charge in [0.2, 0.25) is 5.78 Å². The molecule has 1 saturated heterocycles. The van der Waals surface area contributed by atoms with Crippen LogP contribution in [0, 0.1) is 11.8 Å². The topological polar surface area (TPSA) is 37.1 Å². The summed E-state index contributed by atoms with van der Waals surface area (Å²) in [6.45, 7) is 0. The van der Waals surface area contributed by atoms with Gasteiger partial charge >= 0.3 is 0 Å². The van der Waals surface area contributed by atoms with Gasteiger partial charge in [-0.25, -0.2) is 0 Å². The van der Waals surface area contributed by atoms with Gasteiger partial charge in [0, 0.05) is 11.6 Å². The lowest BCUT2D eigenvalue weighted by Crippen LogP contribution is -2.22. The van der Waals surface area contributed by atoms with Crippen molar-refractivity contribution in [3.63, 3.8) is 0 Å². The maximum absolute atomic E-state index is 12.5. The van der Waals surface area contributed by atoms with Crippen LogP contribution >= 0.6 is 0 Å². The van der Waals surface area contributed by atoms with Gasteiger partial charge in [-0.05, 0) is 42.7 Å². The van der Waals surface area contributed by atoms with Crippen LogP contribution in [0.15, 0.2) is 48.2 Å². The number of fused-ring (bicyclic) bond motifs is 5. The monoisotopic (exact) mass is 291 g/mol. The molecule has 0 spiro atoms. The van der Waals surface area contributed by atoms with Gasteiger partial charge in [0.15, 0.2) is 5.78 Å². The Bertz CT molecular complexity index is 730. The van der Waals surface area contributed by atoms with Gasteiger partial charge in [0.05, 0.1) is 17.8 Å². The van der Waals surface area contributed by atoms with Gasteiger partial charge in [0.1, 0.15) is 0 Å². The zero-order chi connectivity index (χ0) is 14.8. The van der Waals surface area contributed by atoms with Crippen LogP contribution in [0.1, 0.15) is 24.8 Å². The second kappa shape index (κ2) is 4.19. The van der Waals surface area contributed by atoms with E-state index in [1.54, 1.807) is 6.08 Å². The molecule has 2 bridgehead atoms. The first-order chi connectivity index (χ1) is 10.7. The van der Waals surface area contributed by atoms with Crippen LogP contribution in [-0.4, -0.2) is 28.6 Å². The maximum atomic E-state index is 12.5. The summed E-state index contributed by atoms with van der Waals surface area (Å²) in [6.07, 6.45) is 7.02. The number of likely N-dealkylation sites (tertiary alicyclic amines) is 1. The van der Waals surface area contributed by atoms with Crippen molar-refractivity contribution >= 4 is 17.1 Å². The van der Waals surface area contributed by atoms with E-state index < -0.39 is 0 Å². The van der Waals surface area contributed by atoms with Crippen molar-refractivity contribution < 1.29 is 9.59 Å². The number of hydrogen-bond donors (Lipinski definition) is 0. The molecule has 3 heteroatoms. The first-order valence-corrected chi connectivity index (χ1v) is 8.10. The summed E-state index contributed by atoms with van der Waals surface area (Å²) in [4.78, 5) is 27.2. The van der Waals surface area contributed by atoms with E-state index in [-0.39, 0.29) is 11.6 Å². The van der Waals surface area contributed by atoms with Crippen molar-refractivity contribution in [1.82, 2.24) is 4.90 Å². The lowest BCUT2D eigenvalue weighted by molar-refractivity contribution is -0.114. The minimum absolute atomic E-state index is 0.00717. The first-order valence-electron chi connectivity index (χ1n) is 8.10. The molecule has 4 atom stereocenters. The highest BCUT2D eigenvalue weighted by Gasteiger charge is 2.65. The zero-order valence-electron chi connectivity index (χ0n) is 12.2. The van der Waals surface area contributed by atoms with Gasteiger partial charge in [0.25, 0.3) is 0 Å². The third-order valence-corrected chi connectivity index (χ3v) is 5.81. The first kappa shape index (κ1) is 12.4. The third-order valence-electron chi connectivity index (χ3n) is 5.81. The molecule has 3 nitrogen and oxygen atoms in total. The molecule has 1 heterocycles. The number of hydrogen-bond acceptors (Lipinski definition) is 3. The van der Waals surface area contributed by atoms with Crippen molar-refractivity contribution in [3.8, 4) is 0 Å². The summed E-state index contributed by atoms with van der Waals surface area (Å²) in [7, 11) is 0. The number of nitrogens with zero attached hydrogens (tertiary/aromatic N) is 1. The molecular formula is C19H17NO2. The van der Waals surface area contributed by atoms with Crippen molar-refractivity contribution in [2.45, 2.75) is 31.3 Å². The van der Waals surface area contributed by atoms with Gasteiger partial charge in [-0.15, -0.1) is 0 Å². The van der Waals surface area contributed by atoms with Crippen molar-refractivity contribution in [3.05, 3.63) is 53.7 Å². The molecule has 22 heavy (non-hydrogen) atoms. The molecule has 3 aliphatic carbocycles. The van der Waals surface area contributed by atoms with Crippen LogP contribution in [0.4, 0.5) is 0 Å². The number of ketones is 2. The average Bonchev–Trinajstić information content (AvgIpc) is 2.95. The molecule has 1 aromatic rings. The zero-order valence-corrected chi connectivity index (χ0v) is 12.2. The lowest BCUT2D eigenvalue weighted by atomic mass is 9.94. The minimum Gasteiger partial charge on any atom is -0.358 e. The Kier molecular flexibility index (Phi) is 2.36. The third kappa shape index (κ3) is 1.57. The molecule has 0 amide bonds. The standard InChI is InChI=1S/C19H17NO2/c21-16-10-15(20-18-12-6-7-13(8-12)19(18)20)17(22)9-14(16)11-4-2-1-3-5-11/h1-5,9-10,12-13,18-19H,6-8H2/t12-,13-,18-,19-/m1/s1. The Morgan fingerprint density at radius 3 is 2.23 bits per heavy atom. The minimum atomic E-state index is -0.0434. The van der Waals surface area contributed by atoms with Gasteiger partial charge in [-0.1, -0.05) is 30.3 Å². The molecule has 1 aromatic carbocycles. The van der Waals surface area contributed by atoms with Crippen LogP contribution in [0.5, 0.6) is 0 Å². The van der Waals surface area contributed by atoms with Crippen LogP contribution in [-0.2, 0) is 9.59 Å². The Balaban J connectivity index is 1.44. The van der Waals surface area contributed by atoms with Crippen LogP contribution in [0.25, 0.3) is 5.57 Å². The number of carbonyl (C=O) groups is 2. The highest BCUT2D eigenvalue weighted by atomic mass is 16.1. The van der Waals surface area contributed by atoms with Crippen molar-refractivity contribution in [2.75, 3.05) is 0 Å². The molecule has 3 fully saturated rings. The number of allylic oxidation sites excluding steroid dienone is 3. The smallest absolute Gasteiger partial charge is 0.202 e. The molecule has 0 unspecified atom stereocenters.